The summed E-state index contributed by atoms with van der Waals surface area (Å²) in [7, 11) is 0. The Bertz CT molecular complexity index is 3300. The summed E-state index contributed by atoms with van der Waals surface area (Å²) < 4.78 is 2.45. The maximum absolute atomic E-state index is 2.45. The number of hydrogen-bond donors (Lipinski definition) is 0. The van der Waals surface area contributed by atoms with Gasteiger partial charge < -0.3 is 9.47 Å². The predicted molar refractivity (Wildman–Crippen MR) is 259 cm³/mol. The lowest BCUT2D eigenvalue weighted by atomic mass is 9.93. The van der Waals surface area contributed by atoms with Crippen molar-refractivity contribution in [3.63, 3.8) is 0 Å². The molecule has 0 aliphatic heterocycles. The van der Waals surface area contributed by atoms with Gasteiger partial charge in [0.2, 0.25) is 0 Å². The number of anilines is 2. The molecule has 0 fully saturated rings. The van der Waals surface area contributed by atoms with Crippen LogP contribution in [0.4, 0.5) is 11.4 Å². The molecule has 0 N–H and O–H groups in total. The largest absolute Gasteiger partial charge is 0.337 e. The van der Waals surface area contributed by atoms with Crippen molar-refractivity contribution in [3.8, 4) is 50.2 Å². The van der Waals surface area contributed by atoms with Gasteiger partial charge in [0.05, 0.1) is 16.7 Å². The zero-order valence-corrected chi connectivity index (χ0v) is 33.7. The fourth-order valence-electron chi connectivity index (χ4n) is 9.15. The number of nitrogens with zero attached hydrogens (tertiary/aromatic N) is 2. The normalized spacial score (nSPS) is 11.3. The van der Waals surface area contributed by atoms with Crippen molar-refractivity contribution in [3.05, 3.63) is 248 Å². The molecule has 0 atom stereocenters. The third-order valence-corrected chi connectivity index (χ3v) is 12.1. The first-order valence-electron chi connectivity index (χ1n) is 21.0. The summed E-state index contributed by atoms with van der Waals surface area (Å²) in [5.74, 6) is 0. The lowest BCUT2D eigenvalue weighted by Gasteiger charge is -2.27. The highest BCUT2D eigenvalue weighted by atomic mass is 15.1. The molecule has 1 aromatic heterocycles. The molecule has 0 spiro atoms. The fraction of sp³-hybridized carbons (Fsp3) is 0.0169. The first-order valence-corrected chi connectivity index (χ1v) is 21.0. The second kappa shape index (κ2) is 15.7. The van der Waals surface area contributed by atoms with Crippen LogP contribution in [0.25, 0.3) is 82.8 Å². The number of para-hydroxylation sites is 2. The smallest absolute Gasteiger partial charge is 0.0547 e. The summed E-state index contributed by atoms with van der Waals surface area (Å²) in [6.45, 7) is 0.712. The third kappa shape index (κ3) is 6.75. The van der Waals surface area contributed by atoms with Crippen LogP contribution in [0.2, 0.25) is 0 Å². The van der Waals surface area contributed by atoms with Gasteiger partial charge in [-0.15, -0.1) is 0 Å². The Balaban J connectivity index is 0.959. The topological polar surface area (TPSA) is 8.17 Å². The first kappa shape index (κ1) is 36.2. The van der Waals surface area contributed by atoms with Crippen molar-refractivity contribution in [1.82, 2.24) is 4.57 Å². The molecule has 0 bridgehead atoms. The molecule has 1 heterocycles. The second-order valence-electron chi connectivity index (χ2n) is 15.7. The van der Waals surface area contributed by atoms with Crippen molar-refractivity contribution < 1.29 is 0 Å². The van der Waals surface area contributed by atoms with Crippen molar-refractivity contribution in [2.45, 2.75) is 6.54 Å². The van der Waals surface area contributed by atoms with Gasteiger partial charge >= 0.3 is 0 Å². The molecule has 11 aromatic rings. The maximum atomic E-state index is 2.45. The quantitative estimate of drug-likeness (QED) is 0.142. The van der Waals surface area contributed by atoms with E-state index in [4.69, 9.17) is 0 Å². The monoisotopic (exact) mass is 778 g/mol. The highest BCUT2D eigenvalue weighted by Crippen LogP contribution is 2.41. The molecule has 0 saturated heterocycles. The van der Waals surface area contributed by atoms with E-state index in [2.05, 4.69) is 252 Å². The molecule has 2 nitrogen and oxygen atoms in total. The van der Waals surface area contributed by atoms with Crippen LogP contribution in [0.5, 0.6) is 0 Å². The zero-order valence-electron chi connectivity index (χ0n) is 33.7. The average Bonchev–Trinajstić information content (AvgIpc) is 3.68. The number of aromatic nitrogens is 1. The molecule has 10 aromatic carbocycles. The van der Waals surface area contributed by atoms with E-state index in [1.807, 2.05) is 0 Å². The maximum Gasteiger partial charge on any atom is 0.0547 e. The lowest BCUT2D eigenvalue weighted by molar-refractivity contribution is 0.977. The van der Waals surface area contributed by atoms with E-state index in [9.17, 15) is 0 Å². The molecule has 0 amide bonds. The Morgan fingerprint density at radius 1 is 0.328 bits per heavy atom. The van der Waals surface area contributed by atoms with Gasteiger partial charge in [-0.05, 0) is 104 Å². The summed E-state index contributed by atoms with van der Waals surface area (Å²) in [5.41, 5.74) is 16.9. The predicted octanol–water partition coefficient (Wildman–Crippen LogP) is 15.9. The highest BCUT2D eigenvalue weighted by molar-refractivity contribution is 6.16. The minimum absolute atomic E-state index is 0.712. The molecule has 0 unspecified atom stereocenters. The standard InChI is InChI=1S/C59H42N2/c1-3-16-42(17-4-1)43-32-34-44(35-33-43)45-36-38-51(39-37-45)60(50-23-5-2-6-24-50)41-49-19-8-9-25-52(49)47-21-13-22-48(40-47)54-28-15-31-58-59(54)55-27-11-12-29-57(55)61(58)56-30-14-20-46-18-7-10-26-53(46)56/h1-40H,41H2. The average molecular weight is 779 g/mol. The summed E-state index contributed by atoms with van der Waals surface area (Å²) >= 11 is 0. The van der Waals surface area contributed by atoms with Crippen LogP contribution < -0.4 is 4.90 Å². The van der Waals surface area contributed by atoms with E-state index in [-0.39, 0.29) is 0 Å². The van der Waals surface area contributed by atoms with Crippen molar-refractivity contribution in [2.24, 2.45) is 0 Å². The number of benzene rings is 10. The van der Waals surface area contributed by atoms with Crippen LogP contribution in [-0.2, 0) is 6.54 Å². The molecule has 0 radical (unpaired) electrons. The molecule has 0 saturated carbocycles. The van der Waals surface area contributed by atoms with Gasteiger partial charge in [0.25, 0.3) is 0 Å². The van der Waals surface area contributed by atoms with Crippen molar-refractivity contribution in [1.29, 1.82) is 0 Å². The molecular weight excluding hydrogens is 737 g/mol. The van der Waals surface area contributed by atoms with Crippen LogP contribution in [0.1, 0.15) is 5.56 Å². The SMILES string of the molecule is c1ccc(-c2ccc(-c3ccc(N(Cc4ccccc4-c4cccc(-c5cccc6c5c5ccccc5n6-c5cccc6ccccc56)c4)c4ccccc4)cc3)cc2)cc1. The first-order chi connectivity index (χ1) is 30.3. The van der Waals surface area contributed by atoms with E-state index >= 15 is 0 Å². The van der Waals surface area contributed by atoms with Gasteiger partial charge in [0.15, 0.2) is 0 Å². The van der Waals surface area contributed by atoms with Crippen LogP contribution in [0.15, 0.2) is 243 Å². The Hall–Kier alpha value is -7.94. The van der Waals surface area contributed by atoms with Crippen LogP contribution in [-0.4, -0.2) is 4.57 Å². The molecule has 11 rings (SSSR count). The van der Waals surface area contributed by atoms with Gasteiger partial charge in [0.1, 0.15) is 0 Å². The summed E-state index contributed by atoms with van der Waals surface area (Å²) in [5, 5.41) is 5.00. The second-order valence-corrected chi connectivity index (χ2v) is 15.7. The number of rotatable bonds is 9. The van der Waals surface area contributed by atoms with Gasteiger partial charge in [-0.25, -0.2) is 0 Å². The van der Waals surface area contributed by atoms with Crippen LogP contribution in [0.3, 0.4) is 0 Å². The van der Waals surface area contributed by atoms with Gasteiger partial charge in [0, 0.05) is 34.1 Å². The Morgan fingerprint density at radius 2 is 0.820 bits per heavy atom. The van der Waals surface area contributed by atoms with Crippen LogP contribution >= 0.6 is 0 Å². The van der Waals surface area contributed by atoms with E-state index in [1.54, 1.807) is 0 Å². The van der Waals surface area contributed by atoms with Gasteiger partial charge in [-0.3, -0.25) is 0 Å². The van der Waals surface area contributed by atoms with Crippen LogP contribution in [0, 0.1) is 0 Å². The molecule has 0 aliphatic carbocycles. The molecule has 2 heteroatoms. The number of fused-ring (bicyclic) bond motifs is 4. The summed E-state index contributed by atoms with van der Waals surface area (Å²) in [4.78, 5) is 2.42. The summed E-state index contributed by atoms with van der Waals surface area (Å²) in [6.07, 6.45) is 0. The molecule has 61 heavy (non-hydrogen) atoms. The van der Waals surface area contributed by atoms with Gasteiger partial charge in [-0.2, -0.15) is 0 Å². The van der Waals surface area contributed by atoms with E-state index in [1.165, 1.54) is 88.3 Å². The van der Waals surface area contributed by atoms with Crippen molar-refractivity contribution in [2.75, 3.05) is 4.90 Å². The zero-order chi connectivity index (χ0) is 40.5. The summed E-state index contributed by atoms with van der Waals surface area (Å²) in [6, 6.07) is 88.0. The van der Waals surface area contributed by atoms with E-state index in [0.717, 1.165) is 11.4 Å². The lowest BCUT2D eigenvalue weighted by Crippen LogP contribution is -2.17. The fourth-order valence-corrected chi connectivity index (χ4v) is 9.15. The Kier molecular flexibility index (Phi) is 9.29. The van der Waals surface area contributed by atoms with Crippen molar-refractivity contribution >= 4 is 44.0 Å². The molecule has 288 valence electrons. The Morgan fingerprint density at radius 3 is 1.59 bits per heavy atom. The van der Waals surface area contributed by atoms with Gasteiger partial charge in [-0.1, -0.05) is 194 Å². The Labute approximate surface area is 356 Å². The highest BCUT2D eigenvalue weighted by Gasteiger charge is 2.19. The van der Waals surface area contributed by atoms with E-state index < -0.39 is 0 Å². The van der Waals surface area contributed by atoms with E-state index in [0.29, 0.717) is 6.54 Å². The number of hydrogen-bond acceptors (Lipinski definition) is 1. The minimum Gasteiger partial charge on any atom is -0.337 e. The third-order valence-electron chi connectivity index (χ3n) is 12.1. The molecular formula is C59H42N2. The molecule has 0 aliphatic rings. The minimum atomic E-state index is 0.712.